The predicted octanol–water partition coefficient (Wildman–Crippen LogP) is 2.47. The average molecular weight is 271 g/mol. The summed E-state index contributed by atoms with van der Waals surface area (Å²) in [6, 6.07) is 6.48. The first-order valence-corrected chi connectivity index (χ1v) is 7.79. The first-order valence-electron chi connectivity index (χ1n) is 6.84. The van der Waals surface area contributed by atoms with Gasteiger partial charge in [-0.3, -0.25) is 4.98 Å². The molecule has 19 heavy (non-hydrogen) atoms. The van der Waals surface area contributed by atoms with Gasteiger partial charge in [0.1, 0.15) is 0 Å². The van der Waals surface area contributed by atoms with Crippen molar-refractivity contribution < 1.29 is 0 Å². The zero-order chi connectivity index (χ0) is 12.7. The van der Waals surface area contributed by atoms with Crippen molar-refractivity contribution in [1.82, 2.24) is 10.3 Å². The van der Waals surface area contributed by atoms with Crippen molar-refractivity contribution in [3.63, 3.8) is 0 Å². The number of fused-ring (bicyclic) bond motifs is 1. The normalized spacial score (nSPS) is 25.8. The van der Waals surface area contributed by atoms with Gasteiger partial charge in [0.05, 0.1) is 17.6 Å². The van der Waals surface area contributed by atoms with Gasteiger partial charge in [0.15, 0.2) is 0 Å². The first-order chi connectivity index (χ1) is 9.40. The minimum Gasteiger partial charge on any atom is -0.370 e. The van der Waals surface area contributed by atoms with Crippen LogP contribution in [0.25, 0.3) is 11.3 Å². The van der Waals surface area contributed by atoms with Gasteiger partial charge in [-0.1, -0.05) is 0 Å². The van der Waals surface area contributed by atoms with E-state index in [0.29, 0.717) is 0 Å². The molecule has 0 bridgehead atoms. The van der Waals surface area contributed by atoms with Gasteiger partial charge in [0.2, 0.25) is 0 Å². The van der Waals surface area contributed by atoms with E-state index in [4.69, 9.17) is 0 Å². The van der Waals surface area contributed by atoms with Gasteiger partial charge in [-0.25, -0.2) is 0 Å². The van der Waals surface area contributed by atoms with E-state index in [1.807, 2.05) is 6.20 Å². The highest BCUT2D eigenvalue weighted by Crippen LogP contribution is 2.31. The van der Waals surface area contributed by atoms with Crippen LogP contribution in [0.5, 0.6) is 0 Å². The lowest BCUT2D eigenvalue weighted by Gasteiger charge is -2.19. The standard InChI is InChI=1S/C15H17N3S/c1-2-15(11-3-4-19-10-11)17-7-14(1)18-8-12-5-16-6-13(12)9-18/h1-4,7,10,12-13,16H,5-6,8-9H2. The van der Waals surface area contributed by atoms with Gasteiger partial charge < -0.3 is 10.2 Å². The quantitative estimate of drug-likeness (QED) is 0.909. The molecule has 2 fully saturated rings. The van der Waals surface area contributed by atoms with E-state index in [9.17, 15) is 0 Å². The molecule has 3 nitrogen and oxygen atoms in total. The molecule has 4 rings (SSSR count). The molecule has 4 heterocycles. The Morgan fingerprint density at radius 2 is 2.00 bits per heavy atom. The second-order valence-corrected chi connectivity index (χ2v) is 6.28. The fourth-order valence-corrected chi connectivity index (χ4v) is 3.87. The molecule has 2 saturated heterocycles. The molecular weight excluding hydrogens is 254 g/mol. The second-order valence-electron chi connectivity index (χ2n) is 5.50. The molecule has 0 radical (unpaired) electrons. The van der Waals surface area contributed by atoms with Crippen LogP contribution in [-0.4, -0.2) is 31.2 Å². The maximum atomic E-state index is 4.61. The lowest BCUT2D eigenvalue weighted by atomic mass is 10.0. The van der Waals surface area contributed by atoms with Crippen molar-refractivity contribution >= 4 is 17.0 Å². The molecule has 0 aromatic carbocycles. The lowest BCUT2D eigenvalue weighted by molar-refractivity contribution is 0.533. The van der Waals surface area contributed by atoms with Gasteiger partial charge in [-0.2, -0.15) is 11.3 Å². The van der Waals surface area contributed by atoms with E-state index in [0.717, 1.165) is 17.5 Å². The van der Waals surface area contributed by atoms with Crippen LogP contribution in [-0.2, 0) is 0 Å². The minimum absolute atomic E-state index is 0.830. The Morgan fingerprint density at radius 3 is 2.63 bits per heavy atom. The number of aromatic nitrogens is 1. The van der Waals surface area contributed by atoms with Crippen molar-refractivity contribution in [3.8, 4) is 11.3 Å². The molecule has 0 saturated carbocycles. The Labute approximate surface area is 117 Å². The van der Waals surface area contributed by atoms with Crippen LogP contribution in [0.1, 0.15) is 0 Å². The topological polar surface area (TPSA) is 28.2 Å². The number of nitrogens with zero attached hydrogens (tertiary/aromatic N) is 2. The smallest absolute Gasteiger partial charge is 0.0711 e. The Hall–Kier alpha value is -1.39. The zero-order valence-electron chi connectivity index (χ0n) is 10.7. The van der Waals surface area contributed by atoms with Crippen LogP contribution < -0.4 is 10.2 Å². The van der Waals surface area contributed by atoms with E-state index in [2.05, 4.69) is 44.2 Å². The maximum Gasteiger partial charge on any atom is 0.0711 e. The Balaban J connectivity index is 1.53. The molecule has 2 aromatic heterocycles. The third kappa shape index (κ3) is 2.05. The van der Waals surface area contributed by atoms with Crippen molar-refractivity contribution in [2.75, 3.05) is 31.1 Å². The van der Waals surface area contributed by atoms with Gasteiger partial charge in [0.25, 0.3) is 0 Å². The summed E-state index contributed by atoms with van der Waals surface area (Å²) in [4.78, 5) is 7.10. The van der Waals surface area contributed by atoms with Crippen molar-refractivity contribution in [1.29, 1.82) is 0 Å². The minimum atomic E-state index is 0.830. The number of anilines is 1. The molecule has 2 aromatic rings. The van der Waals surface area contributed by atoms with E-state index in [-0.39, 0.29) is 0 Å². The van der Waals surface area contributed by atoms with Gasteiger partial charge >= 0.3 is 0 Å². The zero-order valence-corrected chi connectivity index (χ0v) is 11.6. The number of hydrogen-bond donors (Lipinski definition) is 1. The first kappa shape index (κ1) is 11.4. The molecule has 4 heteroatoms. The van der Waals surface area contributed by atoms with E-state index in [1.165, 1.54) is 37.4 Å². The third-order valence-corrected chi connectivity index (χ3v) is 5.00. The molecule has 0 aliphatic carbocycles. The summed E-state index contributed by atoms with van der Waals surface area (Å²) in [6.45, 7) is 4.72. The number of thiophene rings is 1. The van der Waals surface area contributed by atoms with Crippen LogP contribution in [0.4, 0.5) is 5.69 Å². The summed E-state index contributed by atoms with van der Waals surface area (Å²) in [7, 11) is 0. The highest BCUT2D eigenvalue weighted by molar-refractivity contribution is 7.08. The predicted molar refractivity (Wildman–Crippen MR) is 79.6 cm³/mol. The fourth-order valence-electron chi connectivity index (χ4n) is 3.22. The number of hydrogen-bond acceptors (Lipinski definition) is 4. The Morgan fingerprint density at radius 1 is 1.16 bits per heavy atom. The van der Waals surface area contributed by atoms with Crippen LogP contribution in [0.15, 0.2) is 35.2 Å². The number of pyridine rings is 1. The van der Waals surface area contributed by atoms with Gasteiger partial charge in [0, 0.05) is 37.1 Å². The summed E-state index contributed by atoms with van der Waals surface area (Å²) in [5, 5.41) is 7.73. The van der Waals surface area contributed by atoms with Crippen molar-refractivity contribution in [3.05, 3.63) is 35.2 Å². The van der Waals surface area contributed by atoms with E-state index >= 15 is 0 Å². The summed E-state index contributed by atoms with van der Waals surface area (Å²) < 4.78 is 0. The maximum absolute atomic E-state index is 4.61. The van der Waals surface area contributed by atoms with Crippen LogP contribution in [0.3, 0.4) is 0 Å². The summed E-state index contributed by atoms with van der Waals surface area (Å²) in [5.74, 6) is 1.66. The highest BCUT2D eigenvalue weighted by atomic mass is 32.1. The molecule has 98 valence electrons. The molecule has 0 amide bonds. The van der Waals surface area contributed by atoms with Crippen molar-refractivity contribution in [2.45, 2.75) is 0 Å². The fraction of sp³-hybridized carbons (Fsp3) is 0.400. The van der Waals surface area contributed by atoms with Crippen LogP contribution in [0.2, 0.25) is 0 Å². The molecular formula is C15H17N3S. The highest BCUT2D eigenvalue weighted by Gasteiger charge is 2.36. The Kier molecular flexibility index (Phi) is 2.78. The monoisotopic (exact) mass is 271 g/mol. The molecule has 2 aliphatic rings. The van der Waals surface area contributed by atoms with Crippen molar-refractivity contribution in [2.24, 2.45) is 11.8 Å². The molecule has 2 atom stereocenters. The van der Waals surface area contributed by atoms with Gasteiger partial charge in [-0.05, 0) is 35.4 Å². The third-order valence-electron chi connectivity index (χ3n) is 4.32. The molecule has 2 unspecified atom stereocenters. The lowest BCUT2D eigenvalue weighted by Crippen LogP contribution is -2.25. The largest absolute Gasteiger partial charge is 0.370 e. The summed E-state index contributed by atoms with van der Waals surface area (Å²) >= 11 is 1.72. The molecule has 1 N–H and O–H groups in total. The molecule has 0 spiro atoms. The Bertz CT molecular complexity index is 537. The second kappa shape index (κ2) is 4.62. The summed E-state index contributed by atoms with van der Waals surface area (Å²) in [5.41, 5.74) is 3.57. The number of rotatable bonds is 2. The van der Waals surface area contributed by atoms with E-state index in [1.54, 1.807) is 11.3 Å². The van der Waals surface area contributed by atoms with Crippen LogP contribution >= 0.6 is 11.3 Å². The average Bonchev–Trinajstić information content (AvgIpc) is 3.15. The molecule has 2 aliphatic heterocycles. The van der Waals surface area contributed by atoms with Crippen LogP contribution in [0, 0.1) is 11.8 Å². The van der Waals surface area contributed by atoms with Gasteiger partial charge in [-0.15, -0.1) is 0 Å². The SMILES string of the molecule is c1cc(-c2ccc(N3CC4CNCC4C3)cn2)cs1. The summed E-state index contributed by atoms with van der Waals surface area (Å²) in [6.07, 6.45) is 2.03. The number of nitrogens with one attached hydrogen (secondary N) is 1. The van der Waals surface area contributed by atoms with E-state index < -0.39 is 0 Å².